The van der Waals surface area contributed by atoms with Gasteiger partial charge < -0.3 is 4.98 Å². The number of fused-ring (bicyclic) bond motifs is 1. The molecule has 2 aromatic heterocycles. The minimum Gasteiger partial charge on any atom is -0.340 e. The molecule has 0 amide bonds. The summed E-state index contributed by atoms with van der Waals surface area (Å²) in [5.74, 6) is 0.881. The van der Waals surface area contributed by atoms with Gasteiger partial charge in [-0.05, 0) is 24.6 Å². The van der Waals surface area contributed by atoms with E-state index in [-0.39, 0.29) is 0 Å². The Bertz CT molecular complexity index is 656. The van der Waals surface area contributed by atoms with Gasteiger partial charge in [0.25, 0.3) is 0 Å². The summed E-state index contributed by atoms with van der Waals surface area (Å²) in [5.41, 5.74) is 3.19. The molecule has 17 heavy (non-hydrogen) atoms. The van der Waals surface area contributed by atoms with Crippen LogP contribution in [0.25, 0.3) is 11.0 Å². The molecule has 86 valence electrons. The molecule has 0 aliphatic heterocycles. The monoisotopic (exact) mass is 291 g/mol. The van der Waals surface area contributed by atoms with Gasteiger partial charge >= 0.3 is 0 Å². The van der Waals surface area contributed by atoms with Crippen molar-refractivity contribution in [1.29, 1.82) is 0 Å². The van der Waals surface area contributed by atoms with Gasteiger partial charge in [0, 0.05) is 4.47 Å². The first-order valence-corrected chi connectivity index (χ1v) is 5.99. The lowest BCUT2D eigenvalue weighted by molar-refractivity contribution is 0.661. The van der Waals surface area contributed by atoms with Crippen LogP contribution in [0.5, 0.6) is 0 Å². The molecule has 3 rings (SSSR count). The molecule has 0 aliphatic rings. The summed E-state index contributed by atoms with van der Waals surface area (Å²) in [4.78, 5) is 11.8. The first kappa shape index (κ1) is 10.5. The van der Waals surface area contributed by atoms with Crippen LogP contribution in [0.3, 0.4) is 0 Å². The smallest absolute Gasteiger partial charge is 0.137 e. The standard InChI is InChI=1S/C11H10BrN5/c1-7-2-8(12)3-9-11(7)16-10(15-9)4-17-6-13-5-14-17/h2-3,5-6H,4H2,1H3,(H,15,16). The molecule has 6 heteroatoms. The second kappa shape index (κ2) is 3.96. The number of hydrogen-bond donors (Lipinski definition) is 1. The maximum absolute atomic E-state index is 4.56. The van der Waals surface area contributed by atoms with Gasteiger partial charge in [-0.2, -0.15) is 5.10 Å². The summed E-state index contributed by atoms with van der Waals surface area (Å²) in [6.45, 7) is 2.65. The van der Waals surface area contributed by atoms with Crippen molar-refractivity contribution in [3.05, 3.63) is 40.6 Å². The van der Waals surface area contributed by atoms with E-state index in [1.807, 2.05) is 13.0 Å². The minimum atomic E-state index is 0.603. The van der Waals surface area contributed by atoms with E-state index >= 15 is 0 Å². The average molecular weight is 292 g/mol. The molecule has 3 aromatic rings. The molecule has 0 bridgehead atoms. The van der Waals surface area contributed by atoms with Crippen LogP contribution < -0.4 is 0 Å². The second-order valence-corrected chi connectivity index (χ2v) is 4.81. The third-order valence-electron chi connectivity index (χ3n) is 2.57. The number of hydrogen-bond acceptors (Lipinski definition) is 3. The van der Waals surface area contributed by atoms with Gasteiger partial charge in [0.15, 0.2) is 0 Å². The topological polar surface area (TPSA) is 59.4 Å². The van der Waals surface area contributed by atoms with Gasteiger partial charge in [0.2, 0.25) is 0 Å². The summed E-state index contributed by atoms with van der Waals surface area (Å²) in [7, 11) is 0. The maximum Gasteiger partial charge on any atom is 0.137 e. The van der Waals surface area contributed by atoms with E-state index in [2.05, 4.69) is 42.0 Å². The summed E-state index contributed by atoms with van der Waals surface area (Å²) < 4.78 is 2.79. The largest absolute Gasteiger partial charge is 0.340 e. The van der Waals surface area contributed by atoms with Crippen LogP contribution in [0.2, 0.25) is 0 Å². The van der Waals surface area contributed by atoms with Crippen molar-refractivity contribution in [2.75, 3.05) is 0 Å². The maximum atomic E-state index is 4.56. The number of aromatic amines is 1. The van der Waals surface area contributed by atoms with E-state index < -0.39 is 0 Å². The molecule has 0 saturated heterocycles. The van der Waals surface area contributed by atoms with Crippen LogP contribution in [-0.2, 0) is 6.54 Å². The van der Waals surface area contributed by atoms with Crippen molar-refractivity contribution in [3.63, 3.8) is 0 Å². The number of aromatic nitrogens is 5. The summed E-state index contributed by atoms with van der Waals surface area (Å²) >= 11 is 3.48. The van der Waals surface area contributed by atoms with Crippen molar-refractivity contribution in [1.82, 2.24) is 24.7 Å². The molecule has 0 saturated carbocycles. The van der Waals surface area contributed by atoms with E-state index in [1.54, 1.807) is 11.0 Å². The Labute approximate surface area is 106 Å². The number of nitrogens with one attached hydrogen (secondary N) is 1. The van der Waals surface area contributed by atoms with E-state index in [0.29, 0.717) is 6.54 Å². The van der Waals surface area contributed by atoms with E-state index in [9.17, 15) is 0 Å². The molecule has 0 aliphatic carbocycles. The van der Waals surface area contributed by atoms with Crippen molar-refractivity contribution in [2.24, 2.45) is 0 Å². The number of rotatable bonds is 2. The Kier molecular flexibility index (Phi) is 2.44. The lowest BCUT2D eigenvalue weighted by Crippen LogP contribution is -2.01. The van der Waals surface area contributed by atoms with Crippen molar-refractivity contribution in [3.8, 4) is 0 Å². The number of nitrogens with zero attached hydrogens (tertiary/aromatic N) is 4. The van der Waals surface area contributed by atoms with Crippen LogP contribution in [-0.4, -0.2) is 24.7 Å². The third-order valence-corrected chi connectivity index (χ3v) is 3.03. The summed E-state index contributed by atoms with van der Waals surface area (Å²) in [6.07, 6.45) is 3.19. The fourth-order valence-corrected chi connectivity index (χ4v) is 2.41. The number of imidazole rings is 1. The Hall–Kier alpha value is -1.69. The Morgan fingerprint density at radius 3 is 3.06 bits per heavy atom. The molecule has 5 nitrogen and oxygen atoms in total. The van der Waals surface area contributed by atoms with Gasteiger partial charge in [0.05, 0.1) is 11.0 Å². The fraction of sp³-hybridized carbons (Fsp3) is 0.182. The zero-order chi connectivity index (χ0) is 11.8. The van der Waals surface area contributed by atoms with Gasteiger partial charge in [-0.25, -0.2) is 14.6 Å². The molecular formula is C11H10BrN5. The first-order chi connectivity index (χ1) is 8.22. The highest BCUT2D eigenvalue weighted by molar-refractivity contribution is 9.10. The van der Waals surface area contributed by atoms with E-state index in [4.69, 9.17) is 0 Å². The third kappa shape index (κ3) is 1.95. The van der Waals surface area contributed by atoms with E-state index in [0.717, 1.165) is 26.9 Å². The quantitative estimate of drug-likeness (QED) is 0.788. The minimum absolute atomic E-state index is 0.603. The first-order valence-electron chi connectivity index (χ1n) is 5.19. The highest BCUT2D eigenvalue weighted by Crippen LogP contribution is 2.22. The molecular weight excluding hydrogens is 282 g/mol. The average Bonchev–Trinajstić information content (AvgIpc) is 2.87. The van der Waals surface area contributed by atoms with Gasteiger partial charge in [-0.1, -0.05) is 15.9 Å². The molecule has 0 radical (unpaired) electrons. The van der Waals surface area contributed by atoms with Crippen molar-refractivity contribution >= 4 is 27.0 Å². The number of aryl methyl sites for hydroxylation is 1. The lowest BCUT2D eigenvalue weighted by Gasteiger charge is -1.94. The Balaban J connectivity index is 2.05. The lowest BCUT2D eigenvalue weighted by atomic mass is 10.2. The van der Waals surface area contributed by atoms with Crippen molar-refractivity contribution < 1.29 is 0 Å². The molecule has 0 atom stereocenters. The highest BCUT2D eigenvalue weighted by atomic mass is 79.9. The second-order valence-electron chi connectivity index (χ2n) is 3.90. The zero-order valence-electron chi connectivity index (χ0n) is 9.18. The molecule has 1 aromatic carbocycles. The highest BCUT2D eigenvalue weighted by Gasteiger charge is 2.07. The van der Waals surface area contributed by atoms with E-state index in [1.165, 1.54) is 6.33 Å². The predicted molar refractivity (Wildman–Crippen MR) is 67.7 cm³/mol. The Morgan fingerprint density at radius 1 is 1.41 bits per heavy atom. The molecule has 1 N–H and O–H groups in total. The van der Waals surface area contributed by atoms with Gasteiger partial charge in [-0.3, -0.25) is 0 Å². The van der Waals surface area contributed by atoms with Gasteiger partial charge in [-0.15, -0.1) is 0 Å². The number of benzene rings is 1. The normalized spacial score (nSPS) is 11.2. The molecule has 0 unspecified atom stereocenters. The predicted octanol–water partition coefficient (Wildman–Crippen LogP) is 2.27. The van der Waals surface area contributed by atoms with Crippen LogP contribution in [0.4, 0.5) is 0 Å². The number of H-pyrrole nitrogens is 1. The SMILES string of the molecule is Cc1cc(Br)cc2[nH]c(Cn3cncn3)nc12. The van der Waals surface area contributed by atoms with Crippen LogP contribution in [0.15, 0.2) is 29.3 Å². The van der Waals surface area contributed by atoms with Crippen LogP contribution in [0.1, 0.15) is 11.4 Å². The molecule has 2 heterocycles. The summed E-state index contributed by atoms with van der Waals surface area (Å²) in [6, 6.07) is 4.09. The Morgan fingerprint density at radius 2 is 2.29 bits per heavy atom. The molecule has 0 fully saturated rings. The van der Waals surface area contributed by atoms with Gasteiger partial charge in [0.1, 0.15) is 25.0 Å². The summed E-state index contributed by atoms with van der Waals surface area (Å²) in [5, 5.41) is 4.06. The fourth-order valence-electron chi connectivity index (χ4n) is 1.84. The van der Waals surface area contributed by atoms with Crippen LogP contribution >= 0.6 is 15.9 Å². The molecule has 0 spiro atoms. The zero-order valence-corrected chi connectivity index (χ0v) is 10.8. The number of halogens is 1. The van der Waals surface area contributed by atoms with Crippen molar-refractivity contribution in [2.45, 2.75) is 13.5 Å². The van der Waals surface area contributed by atoms with Crippen LogP contribution in [0, 0.1) is 6.92 Å².